The van der Waals surface area contributed by atoms with E-state index in [1.165, 1.54) is 0 Å². The predicted octanol–water partition coefficient (Wildman–Crippen LogP) is 5.03. The first-order valence-corrected chi connectivity index (χ1v) is 8.37. The van der Waals surface area contributed by atoms with Crippen LogP contribution < -0.4 is 10.1 Å². The van der Waals surface area contributed by atoms with Gasteiger partial charge in [0.1, 0.15) is 11.4 Å². The van der Waals surface area contributed by atoms with Crippen molar-refractivity contribution in [1.29, 1.82) is 0 Å². The van der Waals surface area contributed by atoms with Crippen molar-refractivity contribution in [1.82, 2.24) is 10.2 Å². The lowest BCUT2D eigenvalue weighted by molar-refractivity contribution is 0.102. The highest BCUT2D eigenvalue weighted by Crippen LogP contribution is 2.24. The van der Waals surface area contributed by atoms with Gasteiger partial charge in [0.2, 0.25) is 0 Å². The molecule has 1 heterocycles. The van der Waals surface area contributed by atoms with E-state index in [4.69, 9.17) is 27.9 Å². The summed E-state index contributed by atoms with van der Waals surface area (Å²) >= 11 is 11.9. The molecule has 0 unspecified atom stereocenters. The zero-order valence-corrected chi connectivity index (χ0v) is 14.9. The summed E-state index contributed by atoms with van der Waals surface area (Å²) in [6.45, 7) is 2.54. The number of amides is 1. The van der Waals surface area contributed by atoms with Gasteiger partial charge >= 0.3 is 0 Å². The third-order valence-electron chi connectivity index (χ3n) is 3.40. The molecule has 0 bridgehead atoms. The number of carbonyl (C=O) groups excluding carboxylic acids is 1. The minimum absolute atomic E-state index is 0.331. The number of H-pyrrole nitrogens is 1. The Labute approximate surface area is 154 Å². The highest BCUT2D eigenvalue weighted by molar-refractivity contribution is 6.35. The Bertz CT molecular complexity index is 871. The van der Waals surface area contributed by atoms with Crippen molar-refractivity contribution in [2.24, 2.45) is 0 Å². The van der Waals surface area contributed by atoms with E-state index >= 15 is 0 Å². The van der Waals surface area contributed by atoms with Crippen LogP contribution in [0.25, 0.3) is 11.3 Å². The Morgan fingerprint density at radius 2 is 1.80 bits per heavy atom. The Morgan fingerprint density at radius 3 is 2.44 bits per heavy atom. The lowest BCUT2D eigenvalue weighted by Gasteiger charge is -2.04. The summed E-state index contributed by atoms with van der Waals surface area (Å²) in [5.74, 6) is 0.459. The number of aromatic amines is 1. The number of halogens is 2. The van der Waals surface area contributed by atoms with Gasteiger partial charge in [-0.15, -0.1) is 0 Å². The second kappa shape index (κ2) is 7.59. The molecule has 0 radical (unpaired) electrons. The molecule has 3 rings (SSSR count). The van der Waals surface area contributed by atoms with Crippen LogP contribution in [0, 0.1) is 0 Å². The SMILES string of the molecule is CCOc1ccc(-c2cc(C(=O)Nc3cc(Cl)cc(Cl)c3)[nH]n2)cc1. The normalized spacial score (nSPS) is 10.5. The molecule has 1 amide bonds. The predicted molar refractivity (Wildman–Crippen MR) is 99.6 cm³/mol. The maximum atomic E-state index is 12.3. The molecular formula is C18H15Cl2N3O2. The monoisotopic (exact) mass is 375 g/mol. The van der Waals surface area contributed by atoms with Crippen LogP contribution in [0.5, 0.6) is 5.75 Å². The Kier molecular flexibility index (Phi) is 5.26. The van der Waals surface area contributed by atoms with Gasteiger partial charge < -0.3 is 10.1 Å². The number of carbonyl (C=O) groups is 1. The summed E-state index contributed by atoms with van der Waals surface area (Å²) in [7, 11) is 0. The fourth-order valence-electron chi connectivity index (χ4n) is 2.30. The molecule has 0 saturated heterocycles. The van der Waals surface area contributed by atoms with E-state index in [1.807, 2.05) is 31.2 Å². The number of rotatable bonds is 5. The summed E-state index contributed by atoms with van der Waals surface area (Å²) in [6, 6.07) is 14.0. The number of hydrogen-bond donors (Lipinski definition) is 2. The van der Waals surface area contributed by atoms with Crippen LogP contribution in [0.4, 0.5) is 5.69 Å². The first-order valence-electron chi connectivity index (χ1n) is 7.61. The molecule has 0 fully saturated rings. The van der Waals surface area contributed by atoms with Crippen LogP contribution in [0.2, 0.25) is 10.0 Å². The second-order valence-corrected chi connectivity index (χ2v) is 6.11. The second-order valence-electron chi connectivity index (χ2n) is 5.24. The quantitative estimate of drug-likeness (QED) is 0.656. The molecule has 128 valence electrons. The van der Waals surface area contributed by atoms with E-state index in [9.17, 15) is 4.79 Å². The summed E-state index contributed by atoms with van der Waals surface area (Å²) in [5.41, 5.74) is 2.39. The molecule has 0 aliphatic carbocycles. The summed E-state index contributed by atoms with van der Waals surface area (Å²) < 4.78 is 5.41. The average Bonchev–Trinajstić information content (AvgIpc) is 3.05. The van der Waals surface area contributed by atoms with Gasteiger partial charge in [-0.05, 0) is 55.5 Å². The van der Waals surface area contributed by atoms with Crippen LogP contribution in [0.3, 0.4) is 0 Å². The van der Waals surface area contributed by atoms with Crippen LogP contribution in [0.1, 0.15) is 17.4 Å². The van der Waals surface area contributed by atoms with E-state index in [-0.39, 0.29) is 5.91 Å². The molecular weight excluding hydrogens is 361 g/mol. The van der Waals surface area contributed by atoms with E-state index in [2.05, 4.69) is 15.5 Å². The van der Waals surface area contributed by atoms with Gasteiger partial charge in [0.05, 0.1) is 12.3 Å². The number of nitrogens with zero attached hydrogens (tertiary/aromatic N) is 1. The van der Waals surface area contributed by atoms with Gasteiger partial charge in [0.25, 0.3) is 5.91 Å². The third-order valence-corrected chi connectivity index (χ3v) is 3.84. The molecule has 1 aromatic heterocycles. The van der Waals surface area contributed by atoms with E-state index < -0.39 is 0 Å². The van der Waals surface area contributed by atoms with Gasteiger partial charge in [-0.1, -0.05) is 23.2 Å². The van der Waals surface area contributed by atoms with E-state index in [0.29, 0.717) is 33.7 Å². The average molecular weight is 376 g/mol. The molecule has 0 aliphatic heterocycles. The van der Waals surface area contributed by atoms with Crippen molar-refractivity contribution in [2.75, 3.05) is 11.9 Å². The van der Waals surface area contributed by atoms with Gasteiger partial charge in [-0.2, -0.15) is 5.10 Å². The lowest BCUT2D eigenvalue weighted by atomic mass is 10.1. The molecule has 7 heteroatoms. The van der Waals surface area contributed by atoms with Gasteiger partial charge in [-0.25, -0.2) is 0 Å². The van der Waals surface area contributed by atoms with Crippen molar-refractivity contribution >= 4 is 34.8 Å². The lowest BCUT2D eigenvalue weighted by Crippen LogP contribution is -2.12. The van der Waals surface area contributed by atoms with E-state index in [1.54, 1.807) is 24.3 Å². The number of hydrogen-bond acceptors (Lipinski definition) is 3. The number of anilines is 1. The van der Waals surface area contributed by atoms with Crippen LogP contribution in [-0.2, 0) is 0 Å². The molecule has 2 N–H and O–H groups in total. The largest absolute Gasteiger partial charge is 0.494 e. The Balaban J connectivity index is 1.75. The van der Waals surface area contributed by atoms with Crippen LogP contribution in [-0.4, -0.2) is 22.7 Å². The fourth-order valence-corrected chi connectivity index (χ4v) is 2.82. The van der Waals surface area contributed by atoms with Crippen molar-refractivity contribution in [2.45, 2.75) is 6.92 Å². The topological polar surface area (TPSA) is 67.0 Å². The van der Waals surface area contributed by atoms with Crippen molar-refractivity contribution in [3.63, 3.8) is 0 Å². The van der Waals surface area contributed by atoms with Crippen LogP contribution in [0.15, 0.2) is 48.5 Å². The third kappa shape index (κ3) is 4.32. The standard InChI is InChI=1S/C18H15Cl2N3O2/c1-2-25-15-5-3-11(4-6-15)16-10-17(23-22-16)18(24)21-14-8-12(19)7-13(20)9-14/h3-10H,2H2,1H3,(H,21,24)(H,22,23). The van der Waals surface area contributed by atoms with Crippen molar-refractivity contribution in [3.8, 4) is 17.0 Å². The maximum Gasteiger partial charge on any atom is 0.273 e. The smallest absolute Gasteiger partial charge is 0.273 e. The number of benzene rings is 2. The fraction of sp³-hybridized carbons (Fsp3) is 0.111. The minimum Gasteiger partial charge on any atom is -0.494 e. The molecule has 0 spiro atoms. The number of nitrogens with one attached hydrogen (secondary N) is 2. The minimum atomic E-state index is -0.331. The summed E-state index contributed by atoms with van der Waals surface area (Å²) in [5, 5.41) is 10.5. The molecule has 25 heavy (non-hydrogen) atoms. The first-order chi connectivity index (χ1) is 12.0. The highest BCUT2D eigenvalue weighted by Gasteiger charge is 2.12. The van der Waals surface area contributed by atoms with E-state index in [0.717, 1.165) is 11.3 Å². The highest BCUT2D eigenvalue weighted by atomic mass is 35.5. The zero-order valence-electron chi connectivity index (χ0n) is 13.3. The number of aromatic nitrogens is 2. The Hall–Kier alpha value is -2.50. The number of ether oxygens (including phenoxy) is 1. The molecule has 5 nitrogen and oxygen atoms in total. The van der Waals surface area contributed by atoms with Crippen molar-refractivity contribution in [3.05, 3.63) is 64.3 Å². The molecule has 2 aromatic carbocycles. The van der Waals surface area contributed by atoms with Crippen molar-refractivity contribution < 1.29 is 9.53 Å². The molecule has 3 aromatic rings. The molecule has 0 aliphatic rings. The summed E-state index contributed by atoms with van der Waals surface area (Å²) in [6.07, 6.45) is 0. The first kappa shape index (κ1) is 17.3. The van der Waals surface area contributed by atoms with Crippen LogP contribution >= 0.6 is 23.2 Å². The molecule has 0 atom stereocenters. The zero-order chi connectivity index (χ0) is 17.8. The van der Waals surface area contributed by atoms with Gasteiger partial charge in [0.15, 0.2) is 0 Å². The maximum absolute atomic E-state index is 12.3. The summed E-state index contributed by atoms with van der Waals surface area (Å²) in [4.78, 5) is 12.3. The Morgan fingerprint density at radius 1 is 1.12 bits per heavy atom. The van der Waals surface area contributed by atoms with Gasteiger partial charge in [0, 0.05) is 21.3 Å². The van der Waals surface area contributed by atoms with Gasteiger partial charge in [-0.3, -0.25) is 9.89 Å². The molecule has 0 saturated carbocycles.